The molecule has 1 aromatic carbocycles. The summed E-state index contributed by atoms with van der Waals surface area (Å²) < 4.78 is 9.64. The number of para-hydroxylation sites is 1. The standard InChI is InChI=1S/C17H15N5O4/c1-10-7-14(22-26-10)21-15-9-18-13(8-19-15)16(23)20-12-6-4-3-5-11(12)17(24)25-2/h3-9H,1-2H3,(H,20,23)(H,19,21,22). The minimum Gasteiger partial charge on any atom is -0.465 e. The monoisotopic (exact) mass is 353 g/mol. The van der Waals surface area contributed by atoms with Crippen LogP contribution in [0.2, 0.25) is 0 Å². The molecule has 9 heteroatoms. The predicted molar refractivity (Wildman–Crippen MR) is 92.3 cm³/mol. The predicted octanol–water partition coefficient (Wildman–Crippen LogP) is 2.56. The molecule has 26 heavy (non-hydrogen) atoms. The van der Waals surface area contributed by atoms with Crippen LogP contribution in [0.1, 0.15) is 26.6 Å². The topological polar surface area (TPSA) is 119 Å². The lowest BCUT2D eigenvalue weighted by Gasteiger charge is -2.09. The summed E-state index contributed by atoms with van der Waals surface area (Å²) in [4.78, 5) is 32.3. The maximum Gasteiger partial charge on any atom is 0.339 e. The first-order chi connectivity index (χ1) is 12.6. The molecule has 3 rings (SSSR count). The molecule has 0 atom stereocenters. The molecule has 0 saturated heterocycles. The first-order valence-electron chi connectivity index (χ1n) is 7.58. The second-order valence-corrected chi connectivity index (χ2v) is 5.23. The van der Waals surface area contributed by atoms with Crippen LogP contribution in [-0.2, 0) is 4.74 Å². The largest absolute Gasteiger partial charge is 0.465 e. The quantitative estimate of drug-likeness (QED) is 0.672. The van der Waals surface area contributed by atoms with Crippen LogP contribution < -0.4 is 10.6 Å². The molecule has 0 aliphatic carbocycles. The van der Waals surface area contributed by atoms with Gasteiger partial charge in [-0.1, -0.05) is 17.3 Å². The zero-order chi connectivity index (χ0) is 18.5. The van der Waals surface area contributed by atoms with Gasteiger partial charge in [0.05, 0.1) is 30.8 Å². The van der Waals surface area contributed by atoms with Gasteiger partial charge in [0.2, 0.25) is 0 Å². The van der Waals surface area contributed by atoms with Crippen LogP contribution in [0, 0.1) is 6.92 Å². The molecule has 9 nitrogen and oxygen atoms in total. The highest BCUT2D eigenvalue weighted by Crippen LogP contribution is 2.17. The number of benzene rings is 1. The van der Waals surface area contributed by atoms with Crippen molar-refractivity contribution in [2.24, 2.45) is 0 Å². The van der Waals surface area contributed by atoms with E-state index in [2.05, 4.69) is 25.8 Å². The summed E-state index contributed by atoms with van der Waals surface area (Å²) in [5.41, 5.74) is 0.661. The van der Waals surface area contributed by atoms with Crippen molar-refractivity contribution in [3.05, 3.63) is 59.7 Å². The molecule has 0 fully saturated rings. The summed E-state index contributed by atoms with van der Waals surface area (Å²) in [5.74, 6) is 0.499. The van der Waals surface area contributed by atoms with Crippen molar-refractivity contribution in [1.82, 2.24) is 15.1 Å². The fourth-order valence-corrected chi connectivity index (χ4v) is 2.13. The Bertz CT molecular complexity index is 936. The Labute approximate surface area is 148 Å². The van der Waals surface area contributed by atoms with Gasteiger partial charge in [0, 0.05) is 6.07 Å². The number of nitrogens with zero attached hydrogens (tertiary/aromatic N) is 3. The lowest BCUT2D eigenvalue weighted by molar-refractivity contribution is 0.0602. The zero-order valence-electron chi connectivity index (χ0n) is 14.0. The number of carbonyl (C=O) groups excluding carboxylic acids is 2. The molecule has 2 aromatic heterocycles. The summed E-state index contributed by atoms with van der Waals surface area (Å²) >= 11 is 0. The summed E-state index contributed by atoms with van der Waals surface area (Å²) in [6.07, 6.45) is 2.70. The van der Waals surface area contributed by atoms with Crippen molar-refractivity contribution in [2.45, 2.75) is 6.92 Å². The summed E-state index contributed by atoms with van der Waals surface area (Å²) in [7, 11) is 1.27. The van der Waals surface area contributed by atoms with Gasteiger partial charge in [-0.25, -0.2) is 14.8 Å². The summed E-state index contributed by atoms with van der Waals surface area (Å²) in [6, 6.07) is 8.22. The number of hydrogen-bond acceptors (Lipinski definition) is 8. The van der Waals surface area contributed by atoms with E-state index in [1.165, 1.54) is 19.5 Å². The zero-order valence-corrected chi connectivity index (χ0v) is 14.0. The van der Waals surface area contributed by atoms with Crippen molar-refractivity contribution in [2.75, 3.05) is 17.7 Å². The maximum absolute atomic E-state index is 12.3. The molecule has 132 valence electrons. The number of ether oxygens (including phenoxy) is 1. The third-order valence-electron chi connectivity index (χ3n) is 3.35. The van der Waals surface area contributed by atoms with Crippen molar-refractivity contribution in [3.8, 4) is 0 Å². The summed E-state index contributed by atoms with van der Waals surface area (Å²) in [5, 5.41) is 9.31. The molecule has 0 aliphatic rings. The van der Waals surface area contributed by atoms with E-state index in [1.807, 2.05) is 0 Å². The fourth-order valence-electron chi connectivity index (χ4n) is 2.13. The second-order valence-electron chi connectivity index (χ2n) is 5.23. The number of aromatic nitrogens is 3. The van der Waals surface area contributed by atoms with E-state index in [-0.39, 0.29) is 11.3 Å². The molecule has 0 unspecified atom stereocenters. The van der Waals surface area contributed by atoms with Gasteiger partial charge in [-0.05, 0) is 19.1 Å². The molecule has 1 amide bonds. The summed E-state index contributed by atoms with van der Waals surface area (Å²) in [6.45, 7) is 1.77. The average molecular weight is 353 g/mol. The molecule has 0 bridgehead atoms. The highest BCUT2D eigenvalue weighted by Gasteiger charge is 2.15. The number of amides is 1. The average Bonchev–Trinajstić information content (AvgIpc) is 3.07. The Balaban J connectivity index is 1.72. The van der Waals surface area contributed by atoms with Crippen LogP contribution >= 0.6 is 0 Å². The number of aryl methyl sites for hydroxylation is 1. The van der Waals surface area contributed by atoms with Crippen LogP contribution in [0.5, 0.6) is 0 Å². The van der Waals surface area contributed by atoms with Crippen LogP contribution in [-0.4, -0.2) is 34.1 Å². The van der Waals surface area contributed by atoms with Crippen molar-refractivity contribution in [1.29, 1.82) is 0 Å². The maximum atomic E-state index is 12.3. The minimum absolute atomic E-state index is 0.0894. The smallest absolute Gasteiger partial charge is 0.339 e. The van der Waals surface area contributed by atoms with Gasteiger partial charge in [0.25, 0.3) is 5.91 Å². The molecule has 0 aliphatic heterocycles. The number of rotatable bonds is 5. The van der Waals surface area contributed by atoms with E-state index in [9.17, 15) is 9.59 Å². The van der Waals surface area contributed by atoms with Gasteiger partial charge >= 0.3 is 5.97 Å². The number of esters is 1. The van der Waals surface area contributed by atoms with Crippen molar-refractivity contribution in [3.63, 3.8) is 0 Å². The highest BCUT2D eigenvalue weighted by atomic mass is 16.5. The highest BCUT2D eigenvalue weighted by molar-refractivity contribution is 6.06. The molecule has 3 aromatic rings. The first-order valence-corrected chi connectivity index (χ1v) is 7.58. The lowest BCUT2D eigenvalue weighted by atomic mass is 10.1. The third-order valence-corrected chi connectivity index (χ3v) is 3.35. The lowest BCUT2D eigenvalue weighted by Crippen LogP contribution is -2.17. The van der Waals surface area contributed by atoms with Crippen LogP contribution in [0.4, 0.5) is 17.3 Å². The first kappa shape index (κ1) is 17.1. The van der Waals surface area contributed by atoms with E-state index >= 15 is 0 Å². The van der Waals surface area contributed by atoms with Gasteiger partial charge in [-0.3, -0.25) is 4.79 Å². The number of anilines is 3. The number of nitrogens with one attached hydrogen (secondary N) is 2. The molecular formula is C17H15N5O4. The minimum atomic E-state index is -0.547. The van der Waals surface area contributed by atoms with Gasteiger partial charge in [0.15, 0.2) is 5.82 Å². The van der Waals surface area contributed by atoms with Gasteiger partial charge in [-0.2, -0.15) is 0 Å². The van der Waals surface area contributed by atoms with Crippen LogP contribution in [0.25, 0.3) is 0 Å². The molecule has 0 spiro atoms. The Morgan fingerprint density at radius 1 is 1.12 bits per heavy atom. The Morgan fingerprint density at radius 2 is 1.92 bits per heavy atom. The molecule has 0 radical (unpaired) electrons. The molecule has 2 heterocycles. The van der Waals surface area contributed by atoms with E-state index < -0.39 is 11.9 Å². The van der Waals surface area contributed by atoms with Crippen LogP contribution in [0.3, 0.4) is 0 Å². The Hall–Kier alpha value is -3.75. The number of methoxy groups -OCH3 is 1. The van der Waals surface area contributed by atoms with Gasteiger partial charge < -0.3 is 19.9 Å². The second kappa shape index (κ2) is 7.43. The molecular weight excluding hydrogens is 338 g/mol. The third kappa shape index (κ3) is 3.83. The molecule has 0 saturated carbocycles. The van der Waals surface area contributed by atoms with Gasteiger partial charge in [0.1, 0.15) is 17.3 Å². The number of hydrogen-bond donors (Lipinski definition) is 2. The van der Waals surface area contributed by atoms with Crippen molar-refractivity contribution < 1.29 is 18.8 Å². The van der Waals surface area contributed by atoms with E-state index in [0.717, 1.165) is 0 Å². The van der Waals surface area contributed by atoms with Gasteiger partial charge in [-0.15, -0.1) is 0 Å². The van der Waals surface area contributed by atoms with E-state index in [1.54, 1.807) is 37.3 Å². The normalized spacial score (nSPS) is 10.2. The van der Waals surface area contributed by atoms with E-state index in [0.29, 0.717) is 23.1 Å². The van der Waals surface area contributed by atoms with Crippen molar-refractivity contribution >= 4 is 29.2 Å². The Morgan fingerprint density at radius 3 is 2.58 bits per heavy atom. The Kier molecular flexibility index (Phi) is 4.88. The molecule has 2 N–H and O–H groups in total. The fraction of sp³-hybridized carbons (Fsp3) is 0.118. The number of carbonyl (C=O) groups is 2. The van der Waals surface area contributed by atoms with Crippen LogP contribution in [0.15, 0.2) is 47.2 Å². The SMILES string of the molecule is COC(=O)c1ccccc1NC(=O)c1cnc(Nc2cc(C)on2)cn1. The van der Waals surface area contributed by atoms with E-state index in [4.69, 9.17) is 9.26 Å².